The predicted octanol–water partition coefficient (Wildman–Crippen LogP) is 0.585. The molecule has 0 saturated heterocycles. The molecule has 0 saturated carbocycles. The Morgan fingerprint density at radius 2 is 2.33 bits per heavy atom. The molecule has 0 aliphatic heterocycles. The van der Waals surface area contributed by atoms with E-state index in [0.717, 1.165) is 6.07 Å². The second-order valence-corrected chi connectivity index (χ2v) is 2.45. The van der Waals surface area contributed by atoms with E-state index >= 15 is 0 Å². The lowest BCUT2D eigenvalue weighted by molar-refractivity contribution is -0.670. The van der Waals surface area contributed by atoms with Crippen molar-refractivity contribution in [2.75, 3.05) is 0 Å². The molecule has 0 fully saturated rings. The molecule has 0 N–H and O–H groups in total. The summed E-state index contributed by atoms with van der Waals surface area (Å²) < 4.78 is 0. The Hall–Kier alpha value is -1.43. The molecule has 7 heteroatoms. The Morgan fingerprint density at radius 3 is 2.83 bits per heavy atom. The van der Waals surface area contributed by atoms with Gasteiger partial charge in [0.25, 0.3) is 0 Å². The Labute approximate surface area is 72.1 Å². The predicted molar refractivity (Wildman–Crippen MR) is 39.6 cm³/mol. The van der Waals surface area contributed by atoms with Gasteiger partial charge in [-0.3, -0.25) is 10.1 Å². The summed E-state index contributed by atoms with van der Waals surface area (Å²) in [5.41, 5.74) is -0.180. The van der Waals surface area contributed by atoms with Crippen LogP contribution in [-0.4, -0.2) is 10.0 Å². The third kappa shape index (κ3) is 1.42. The third-order valence-corrected chi connectivity index (χ3v) is 1.51. The summed E-state index contributed by atoms with van der Waals surface area (Å²) in [6.45, 7) is 1.47. The van der Waals surface area contributed by atoms with Crippen LogP contribution in [0.15, 0.2) is 6.07 Å². The average Bonchev–Trinajstić information content (AvgIpc) is 1.96. The zero-order valence-corrected chi connectivity index (χ0v) is 6.78. The van der Waals surface area contributed by atoms with Crippen molar-refractivity contribution in [1.82, 2.24) is 5.10 Å². The fourth-order valence-corrected chi connectivity index (χ4v) is 0.861. The van der Waals surface area contributed by atoms with Gasteiger partial charge in [0, 0.05) is 16.7 Å². The molecule has 64 valence electrons. The van der Waals surface area contributed by atoms with Crippen LogP contribution in [0.25, 0.3) is 0 Å². The minimum absolute atomic E-state index is 0.0228. The summed E-state index contributed by atoms with van der Waals surface area (Å²) in [5, 5.41) is 23.8. The van der Waals surface area contributed by atoms with Crippen molar-refractivity contribution >= 4 is 17.3 Å². The van der Waals surface area contributed by atoms with Gasteiger partial charge in [-0.1, -0.05) is 0 Å². The summed E-state index contributed by atoms with van der Waals surface area (Å²) >= 11 is 5.31. The van der Waals surface area contributed by atoms with Gasteiger partial charge in [0.1, 0.15) is 5.69 Å². The second kappa shape index (κ2) is 2.90. The zero-order valence-electron chi connectivity index (χ0n) is 6.02. The quantitative estimate of drug-likeness (QED) is 0.280. The van der Waals surface area contributed by atoms with E-state index in [1.807, 2.05) is 0 Å². The highest BCUT2D eigenvalue weighted by atomic mass is 35.5. The monoisotopic (exact) mass is 189 g/mol. The molecule has 0 atom stereocenters. The maximum Gasteiger partial charge on any atom is 0.390 e. The lowest BCUT2D eigenvalue weighted by atomic mass is 10.4. The largest absolute Gasteiger partial charge is 0.593 e. The van der Waals surface area contributed by atoms with Crippen molar-refractivity contribution in [3.05, 3.63) is 32.2 Å². The highest BCUT2D eigenvalue weighted by Gasteiger charge is 2.22. The molecule has 0 radical (unpaired) electrons. The van der Waals surface area contributed by atoms with E-state index in [0.29, 0.717) is 0 Å². The first-order chi connectivity index (χ1) is 5.52. The molecule has 1 heterocycles. The number of rotatable bonds is 1. The van der Waals surface area contributed by atoms with Crippen LogP contribution in [0, 0.1) is 22.2 Å². The lowest BCUT2D eigenvalue weighted by Crippen LogP contribution is -2.33. The van der Waals surface area contributed by atoms with Crippen LogP contribution in [0.1, 0.15) is 5.69 Å². The van der Waals surface area contributed by atoms with Gasteiger partial charge in [-0.25, -0.2) is 0 Å². The first kappa shape index (κ1) is 8.66. The van der Waals surface area contributed by atoms with Crippen LogP contribution >= 0.6 is 11.6 Å². The zero-order chi connectivity index (χ0) is 9.30. The number of hydrogen-bond donors (Lipinski definition) is 0. The van der Waals surface area contributed by atoms with E-state index in [1.54, 1.807) is 0 Å². The molecule has 0 bridgehead atoms. The minimum atomic E-state index is -0.731. The van der Waals surface area contributed by atoms with Crippen LogP contribution in [0.3, 0.4) is 0 Å². The standard InChI is InChI=1S/C5H4ClN3O3/c1-3-2-4(9(11)12)5(6)8(10)7-3/h2H,1H3. The first-order valence-electron chi connectivity index (χ1n) is 2.93. The number of halogens is 1. The van der Waals surface area contributed by atoms with Crippen molar-refractivity contribution in [3.63, 3.8) is 0 Å². The summed E-state index contributed by atoms with van der Waals surface area (Å²) in [5.74, 6) is 0. The molecule has 1 rings (SSSR count). The van der Waals surface area contributed by atoms with E-state index in [2.05, 4.69) is 5.10 Å². The van der Waals surface area contributed by atoms with E-state index in [1.165, 1.54) is 6.92 Å². The van der Waals surface area contributed by atoms with Gasteiger partial charge in [-0.05, 0) is 11.8 Å². The molecule has 1 aromatic rings. The normalized spacial score (nSPS) is 9.83. The van der Waals surface area contributed by atoms with Crippen LogP contribution in [0.2, 0.25) is 5.15 Å². The van der Waals surface area contributed by atoms with Crippen molar-refractivity contribution < 1.29 is 9.77 Å². The third-order valence-electron chi connectivity index (χ3n) is 1.17. The van der Waals surface area contributed by atoms with E-state index in [9.17, 15) is 15.3 Å². The molecule has 0 unspecified atom stereocenters. The molecular weight excluding hydrogens is 186 g/mol. The van der Waals surface area contributed by atoms with Gasteiger partial charge < -0.3 is 5.21 Å². The summed E-state index contributed by atoms with van der Waals surface area (Å²) in [7, 11) is 0. The minimum Gasteiger partial charge on any atom is -0.593 e. The topological polar surface area (TPSA) is 83.0 Å². The fraction of sp³-hybridized carbons (Fsp3) is 0.200. The average molecular weight is 190 g/mol. The van der Waals surface area contributed by atoms with Gasteiger partial charge in [-0.15, -0.1) is 0 Å². The Morgan fingerprint density at radius 1 is 1.75 bits per heavy atom. The molecule has 0 spiro atoms. The molecule has 0 amide bonds. The number of hydrogen-bond acceptors (Lipinski definition) is 4. The summed E-state index contributed by atoms with van der Waals surface area (Å²) in [6.07, 6.45) is 0. The molecule has 1 aromatic heterocycles. The Bertz CT molecular complexity index is 341. The molecule has 0 aliphatic carbocycles. The summed E-state index contributed by atoms with van der Waals surface area (Å²) in [4.78, 5) is 9.56. The van der Waals surface area contributed by atoms with Crippen molar-refractivity contribution in [3.8, 4) is 0 Å². The van der Waals surface area contributed by atoms with Gasteiger partial charge in [0.15, 0.2) is 0 Å². The van der Waals surface area contributed by atoms with Crippen LogP contribution in [0.5, 0.6) is 0 Å². The molecule has 0 aromatic carbocycles. The Kier molecular flexibility index (Phi) is 2.09. The maximum atomic E-state index is 10.7. The summed E-state index contributed by atoms with van der Waals surface area (Å²) in [6, 6.07) is 1.14. The number of aryl methyl sites for hydroxylation is 1. The Balaban J connectivity index is 3.37. The number of nitrogens with zero attached hydrogens (tertiary/aromatic N) is 3. The smallest absolute Gasteiger partial charge is 0.390 e. The van der Waals surface area contributed by atoms with Crippen molar-refractivity contribution in [2.45, 2.75) is 6.92 Å². The van der Waals surface area contributed by atoms with Gasteiger partial charge in [0.2, 0.25) is 0 Å². The van der Waals surface area contributed by atoms with Crippen LogP contribution in [0.4, 0.5) is 5.69 Å². The highest BCUT2D eigenvalue weighted by molar-refractivity contribution is 6.30. The van der Waals surface area contributed by atoms with E-state index < -0.39 is 15.8 Å². The molecule has 6 nitrogen and oxygen atoms in total. The van der Waals surface area contributed by atoms with E-state index in [-0.39, 0.29) is 10.5 Å². The van der Waals surface area contributed by atoms with Gasteiger partial charge in [-0.2, -0.15) is 0 Å². The van der Waals surface area contributed by atoms with Gasteiger partial charge in [0.05, 0.1) is 11.0 Å². The molecule has 0 aliphatic rings. The number of nitro groups is 1. The van der Waals surface area contributed by atoms with Gasteiger partial charge >= 0.3 is 10.8 Å². The molecule has 12 heavy (non-hydrogen) atoms. The van der Waals surface area contributed by atoms with Crippen molar-refractivity contribution in [2.24, 2.45) is 0 Å². The number of aromatic nitrogens is 2. The SMILES string of the molecule is Cc1cc([N+](=O)[O-])c(Cl)[n+]([O-])n1. The van der Waals surface area contributed by atoms with E-state index in [4.69, 9.17) is 11.6 Å². The van der Waals surface area contributed by atoms with Crippen molar-refractivity contribution in [1.29, 1.82) is 0 Å². The van der Waals surface area contributed by atoms with Crippen LogP contribution in [-0.2, 0) is 0 Å². The second-order valence-electron chi connectivity index (χ2n) is 2.09. The van der Waals surface area contributed by atoms with Crippen LogP contribution < -0.4 is 4.85 Å². The first-order valence-corrected chi connectivity index (χ1v) is 3.31. The molecular formula is C5H4ClN3O3. The maximum absolute atomic E-state index is 10.7. The fourth-order valence-electron chi connectivity index (χ4n) is 0.699. The lowest BCUT2D eigenvalue weighted by Gasteiger charge is -1.96. The highest BCUT2D eigenvalue weighted by Crippen LogP contribution is 2.18.